The molecule has 0 aliphatic carbocycles. The molecule has 1 fully saturated rings. The van der Waals surface area contributed by atoms with Crippen molar-refractivity contribution < 1.29 is 19.0 Å². The van der Waals surface area contributed by atoms with Gasteiger partial charge < -0.3 is 19.5 Å². The quantitative estimate of drug-likeness (QED) is 0.758. The van der Waals surface area contributed by atoms with Crippen molar-refractivity contribution in [1.29, 1.82) is 0 Å². The minimum absolute atomic E-state index is 0.0478. The maximum absolute atomic E-state index is 11.3. The molecule has 1 atom stereocenters. The van der Waals surface area contributed by atoms with Gasteiger partial charge in [0.15, 0.2) is 0 Å². The first-order valence-electron chi connectivity index (χ1n) is 5.85. The number of likely N-dealkylation sites (N-methyl/N-ethyl adjacent to an activating group) is 1. The van der Waals surface area contributed by atoms with Gasteiger partial charge in [0, 0.05) is 18.7 Å². The third-order valence-electron chi connectivity index (χ3n) is 2.73. The molecule has 18 heavy (non-hydrogen) atoms. The average Bonchev–Trinajstić information content (AvgIpc) is 3.21. The van der Waals surface area contributed by atoms with Crippen LogP contribution < -0.4 is 14.8 Å². The minimum atomic E-state index is -0.0478. The lowest BCUT2D eigenvalue weighted by Crippen LogP contribution is -2.20. The number of methoxy groups -OCH3 is 1. The summed E-state index contributed by atoms with van der Waals surface area (Å²) in [6.45, 7) is 1.32. The first-order valence-corrected chi connectivity index (χ1v) is 5.85. The van der Waals surface area contributed by atoms with E-state index in [1.165, 1.54) is 0 Å². The minimum Gasteiger partial charge on any atom is -0.496 e. The Labute approximate surface area is 106 Å². The highest BCUT2D eigenvalue weighted by molar-refractivity contribution is 5.79. The zero-order chi connectivity index (χ0) is 13.0. The van der Waals surface area contributed by atoms with Gasteiger partial charge in [0.2, 0.25) is 5.91 Å². The summed E-state index contributed by atoms with van der Waals surface area (Å²) < 4.78 is 15.9. The normalized spacial score (nSPS) is 17.1. The van der Waals surface area contributed by atoms with Crippen LogP contribution in [0.15, 0.2) is 18.2 Å². The number of hydrogen-bond acceptors (Lipinski definition) is 4. The van der Waals surface area contributed by atoms with Crippen LogP contribution in [0.5, 0.6) is 11.5 Å². The molecule has 0 saturated carbocycles. The topological polar surface area (TPSA) is 60.1 Å². The largest absolute Gasteiger partial charge is 0.496 e. The highest BCUT2D eigenvalue weighted by Gasteiger charge is 2.23. The van der Waals surface area contributed by atoms with E-state index in [0.717, 1.165) is 17.9 Å². The second-order valence-electron chi connectivity index (χ2n) is 4.09. The van der Waals surface area contributed by atoms with Crippen LogP contribution in [0.4, 0.5) is 0 Å². The van der Waals surface area contributed by atoms with Gasteiger partial charge in [0.25, 0.3) is 0 Å². The Morgan fingerprint density at radius 2 is 2.33 bits per heavy atom. The van der Waals surface area contributed by atoms with Crippen LogP contribution in [0.2, 0.25) is 0 Å². The Balaban J connectivity index is 2.03. The summed E-state index contributed by atoms with van der Waals surface area (Å²) in [5.41, 5.74) is 0.840. The number of epoxide rings is 1. The van der Waals surface area contributed by atoms with Crippen LogP contribution in [0.25, 0.3) is 0 Å². The maximum atomic E-state index is 11.3. The Hall–Kier alpha value is -1.75. The van der Waals surface area contributed by atoms with Crippen molar-refractivity contribution in [2.24, 2.45) is 0 Å². The molecule has 1 saturated heterocycles. The lowest BCUT2D eigenvalue weighted by Gasteiger charge is -2.11. The van der Waals surface area contributed by atoms with Crippen molar-refractivity contribution in [3.63, 3.8) is 0 Å². The van der Waals surface area contributed by atoms with E-state index in [1.807, 2.05) is 12.1 Å². The first-order chi connectivity index (χ1) is 8.72. The number of hydrogen-bond donors (Lipinski definition) is 1. The van der Waals surface area contributed by atoms with Gasteiger partial charge in [0.1, 0.15) is 24.2 Å². The molecule has 5 heteroatoms. The average molecular weight is 251 g/mol. The van der Waals surface area contributed by atoms with Gasteiger partial charge in [0.05, 0.1) is 20.1 Å². The van der Waals surface area contributed by atoms with Gasteiger partial charge in [-0.25, -0.2) is 0 Å². The number of nitrogens with one attached hydrogen (secondary N) is 1. The van der Waals surface area contributed by atoms with Gasteiger partial charge in [-0.05, 0) is 6.07 Å². The van der Waals surface area contributed by atoms with Crippen molar-refractivity contribution in [3.05, 3.63) is 23.8 Å². The standard InChI is InChI=1S/C13H17NO4/c1-14-13(15)5-9-3-4-10(6-12(9)16-2)17-7-11-8-18-11/h3-4,6,11H,5,7-8H2,1-2H3,(H,14,15)/t11-/m1/s1. The van der Waals surface area contributed by atoms with E-state index in [0.29, 0.717) is 18.8 Å². The summed E-state index contributed by atoms with van der Waals surface area (Å²) in [6.07, 6.45) is 0.521. The van der Waals surface area contributed by atoms with Gasteiger partial charge >= 0.3 is 0 Å². The molecule has 0 unspecified atom stereocenters. The zero-order valence-electron chi connectivity index (χ0n) is 10.6. The molecule has 98 valence electrons. The Bertz CT molecular complexity index is 429. The van der Waals surface area contributed by atoms with Gasteiger partial charge in [-0.15, -0.1) is 0 Å². The fourth-order valence-electron chi connectivity index (χ4n) is 1.58. The molecule has 2 rings (SSSR count). The van der Waals surface area contributed by atoms with Crippen LogP contribution in [-0.2, 0) is 16.0 Å². The van der Waals surface area contributed by atoms with Crippen molar-refractivity contribution in [2.75, 3.05) is 27.4 Å². The van der Waals surface area contributed by atoms with Gasteiger partial charge in [-0.1, -0.05) is 6.07 Å². The zero-order valence-corrected chi connectivity index (χ0v) is 10.6. The molecule has 0 radical (unpaired) electrons. The molecule has 1 N–H and O–H groups in total. The van der Waals surface area contributed by atoms with Crippen LogP contribution in [0, 0.1) is 0 Å². The van der Waals surface area contributed by atoms with Crippen LogP contribution >= 0.6 is 0 Å². The number of amides is 1. The molecule has 0 spiro atoms. The highest BCUT2D eigenvalue weighted by Crippen LogP contribution is 2.26. The van der Waals surface area contributed by atoms with E-state index in [4.69, 9.17) is 14.2 Å². The third kappa shape index (κ3) is 3.37. The molecule has 1 aromatic carbocycles. The van der Waals surface area contributed by atoms with E-state index < -0.39 is 0 Å². The Morgan fingerprint density at radius 3 is 2.94 bits per heavy atom. The van der Waals surface area contributed by atoms with Crippen LogP contribution in [0.3, 0.4) is 0 Å². The summed E-state index contributed by atoms with van der Waals surface area (Å²) in [4.78, 5) is 11.3. The number of carbonyl (C=O) groups excluding carboxylic acids is 1. The number of benzene rings is 1. The Kier molecular flexibility index (Phi) is 4.04. The molecule has 0 aromatic heterocycles. The summed E-state index contributed by atoms with van der Waals surface area (Å²) in [5, 5.41) is 2.59. The predicted molar refractivity (Wildman–Crippen MR) is 66.0 cm³/mol. The smallest absolute Gasteiger partial charge is 0.224 e. The van der Waals surface area contributed by atoms with E-state index in [9.17, 15) is 4.79 Å². The summed E-state index contributed by atoms with van der Waals surface area (Å²) in [7, 11) is 3.19. The number of rotatable bonds is 6. The monoisotopic (exact) mass is 251 g/mol. The van der Waals surface area contributed by atoms with Crippen LogP contribution in [-0.4, -0.2) is 39.4 Å². The summed E-state index contributed by atoms with van der Waals surface area (Å²) in [6, 6.07) is 5.47. The van der Waals surface area contributed by atoms with E-state index >= 15 is 0 Å². The second-order valence-corrected chi connectivity index (χ2v) is 4.09. The van der Waals surface area contributed by atoms with Gasteiger partial charge in [-0.3, -0.25) is 4.79 Å². The van der Waals surface area contributed by atoms with E-state index in [2.05, 4.69) is 5.32 Å². The van der Waals surface area contributed by atoms with Crippen molar-refractivity contribution in [2.45, 2.75) is 12.5 Å². The molecule has 1 aromatic rings. The molecule has 0 bridgehead atoms. The Morgan fingerprint density at radius 1 is 1.56 bits per heavy atom. The molecule has 1 amide bonds. The highest BCUT2D eigenvalue weighted by atomic mass is 16.6. The lowest BCUT2D eigenvalue weighted by molar-refractivity contribution is -0.119. The molecule has 5 nitrogen and oxygen atoms in total. The van der Waals surface area contributed by atoms with Crippen molar-refractivity contribution in [3.8, 4) is 11.5 Å². The SMILES string of the molecule is CNC(=O)Cc1ccc(OC[C@@H]2CO2)cc1OC. The fraction of sp³-hybridized carbons (Fsp3) is 0.462. The summed E-state index contributed by atoms with van der Waals surface area (Å²) in [5.74, 6) is 1.34. The molecular weight excluding hydrogens is 234 g/mol. The van der Waals surface area contributed by atoms with E-state index in [-0.39, 0.29) is 12.0 Å². The van der Waals surface area contributed by atoms with E-state index in [1.54, 1.807) is 20.2 Å². The molecule has 1 heterocycles. The predicted octanol–water partition coefficient (Wildman–Crippen LogP) is 0.761. The molecular formula is C13H17NO4. The van der Waals surface area contributed by atoms with Crippen molar-refractivity contribution >= 4 is 5.91 Å². The summed E-state index contributed by atoms with van der Waals surface area (Å²) >= 11 is 0. The fourth-order valence-corrected chi connectivity index (χ4v) is 1.58. The lowest BCUT2D eigenvalue weighted by atomic mass is 10.1. The maximum Gasteiger partial charge on any atom is 0.224 e. The van der Waals surface area contributed by atoms with Crippen molar-refractivity contribution in [1.82, 2.24) is 5.32 Å². The first kappa shape index (κ1) is 12.7. The van der Waals surface area contributed by atoms with Crippen LogP contribution in [0.1, 0.15) is 5.56 Å². The number of carbonyl (C=O) groups is 1. The van der Waals surface area contributed by atoms with Gasteiger partial charge in [-0.2, -0.15) is 0 Å². The second kappa shape index (κ2) is 5.73. The third-order valence-corrected chi connectivity index (χ3v) is 2.73. The molecule has 1 aliphatic heterocycles. The number of ether oxygens (including phenoxy) is 3. The molecule has 1 aliphatic rings.